The average Bonchev–Trinajstić information content (AvgIpc) is 2.41. The fraction of sp³-hybridized carbons (Fsp3) is 0.231. The third-order valence-corrected chi connectivity index (χ3v) is 2.41. The molecule has 3 N–H and O–H groups in total. The normalized spacial score (nSPS) is 9.30. The number of hydrogen-bond donors (Lipinski definition) is 2. The highest BCUT2D eigenvalue weighted by Crippen LogP contribution is 2.32. The van der Waals surface area contributed by atoms with Gasteiger partial charge in [0, 0.05) is 13.2 Å². The van der Waals surface area contributed by atoms with Gasteiger partial charge in [-0.25, -0.2) is 9.69 Å². The minimum absolute atomic E-state index is 0.0100. The second kappa shape index (κ2) is 7.33. The highest BCUT2D eigenvalue weighted by atomic mass is 32.1. The SMILES string of the molecule is CC#CN(C(N)=S)c1cccc(C(=O)O)c1OCOC. The number of carbonyl (C=O) groups is 1. The molecule has 106 valence electrons. The van der Waals surface area contributed by atoms with E-state index in [2.05, 4.69) is 12.0 Å². The van der Waals surface area contributed by atoms with Gasteiger partial charge in [0.25, 0.3) is 0 Å². The molecule has 7 heteroatoms. The van der Waals surface area contributed by atoms with Crippen LogP contribution in [-0.2, 0) is 4.74 Å². The van der Waals surface area contributed by atoms with Crippen molar-refractivity contribution in [1.29, 1.82) is 0 Å². The highest BCUT2D eigenvalue weighted by Gasteiger charge is 2.20. The molecule has 6 nitrogen and oxygen atoms in total. The molecular weight excluding hydrogens is 280 g/mol. The van der Waals surface area contributed by atoms with Crippen molar-refractivity contribution in [3.63, 3.8) is 0 Å². The first kappa shape index (κ1) is 15.8. The van der Waals surface area contributed by atoms with Gasteiger partial charge in [-0.05, 0) is 31.3 Å². The third kappa shape index (κ3) is 3.60. The number of carboxylic acid groups (broad SMARTS) is 1. The lowest BCUT2D eigenvalue weighted by Gasteiger charge is -2.20. The largest absolute Gasteiger partial charge is 0.478 e. The van der Waals surface area contributed by atoms with Crippen molar-refractivity contribution in [2.45, 2.75) is 6.92 Å². The molecule has 0 unspecified atom stereocenters. The highest BCUT2D eigenvalue weighted by molar-refractivity contribution is 7.80. The van der Waals surface area contributed by atoms with Crippen LogP contribution in [0.1, 0.15) is 17.3 Å². The van der Waals surface area contributed by atoms with Gasteiger partial charge in [-0.2, -0.15) is 0 Å². The lowest BCUT2D eigenvalue weighted by Crippen LogP contribution is -2.32. The van der Waals surface area contributed by atoms with Crippen LogP contribution in [0, 0.1) is 12.0 Å². The molecule has 0 amide bonds. The molecule has 20 heavy (non-hydrogen) atoms. The van der Waals surface area contributed by atoms with Gasteiger partial charge >= 0.3 is 5.97 Å². The molecule has 1 aromatic carbocycles. The topological polar surface area (TPSA) is 85.0 Å². The van der Waals surface area contributed by atoms with Crippen molar-refractivity contribution in [2.75, 3.05) is 18.8 Å². The van der Waals surface area contributed by atoms with Crippen LogP contribution in [0.2, 0.25) is 0 Å². The summed E-state index contributed by atoms with van der Waals surface area (Å²) in [6, 6.07) is 7.26. The Balaban J connectivity index is 3.41. The monoisotopic (exact) mass is 294 g/mol. The molecule has 0 saturated carbocycles. The summed E-state index contributed by atoms with van der Waals surface area (Å²) in [6.45, 7) is 1.50. The summed E-state index contributed by atoms with van der Waals surface area (Å²) in [7, 11) is 1.43. The zero-order valence-corrected chi connectivity index (χ0v) is 11.9. The van der Waals surface area contributed by atoms with Crippen LogP contribution in [0.5, 0.6) is 5.75 Å². The van der Waals surface area contributed by atoms with E-state index >= 15 is 0 Å². The summed E-state index contributed by atoms with van der Waals surface area (Å²) in [4.78, 5) is 12.5. The second-order valence-electron chi connectivity index (χ2n) is 3.55. The molecule has 0 bridgehead atoms. The smallest absolute Gasteiger partial charge is 0.339 e. The van der Waals surface area contributed by atoms with Gasteiger partial charge in [0.05, 0.1) is 5.69 Å². The van der Waals surface area contributed by atoms with E-state index in [0.29, 0.717) is 5.69 Å². The molecule has 1 rings (SSSR count). The molecule has 0 atom stereocenters. The average molecular weight is 294 g/mol. The first-order valence-corrected chi connectivity index (χ1v) is 5.93. The van der Waals surface area contributed by atoms with Gasteiger partial charge in [0.2, 0.25) is 0 Å². The number of nitrogens with two attached hydrogens (primary N) is 1. The zero-order chi connectivity index (χ0) is 15.1. The molecule has 0 saturated heterocycles. The van der Waals surface area contributed by atoms with Gasteiger partial charge in [0.15, 0.2) is 17.7 Å². The minimum atomic E-state index is -1.13. The van der Waals surface area contributed by atoms with E-state index in [1.165, 1.54) is 18.1 Å². The minimum Gasteiger partial charge on any atom is -0.478 e. The van der Waals surface area contributed by atoms with E-state index in [-0.39, 0.29) is 23.2 Å². The van der Waals surface area contributed by atoms with E-state index in [4.69, 9.17) is 27.4 Å². The van der Waals surface area contributed by atoms with Gasteiger partial charge in [-0.1, -0.05) is 12.0 Å². The first-order valence-electron chi connectivity index (χ1n) is 5.53. The number of benzene rings is 1. The number of thiocarbonyl (C=S) groups is 1. The van der Waals surface area contributed by atoms with Gasteiger partial charge in [-0.3, -0.25) is 0 Å². The molecule has 0 radical (unpaired) electrons. The fourth-order valence-electron chi connectivity index (χ4n) is 1.48. The molecule has 0 aromatic heterocycles. The number of methoxy groups -OCH3 is 1. The number of ether oxygens (including phenoxy) is 2. The van der Waals surface area contributed by atoms with Gasteiger partial charge in [0.1, 0.15) is 5.56 Å². The summed E-state index contributed by atoms with van der Waals surface area (Å²) in [6.07, 6.45) is 0. The van der Waals surface area contributed by atoms with E-state index in [1.54, 1.807) is 19.1 Å². The van der Waals surface area contributed by atoms with Crippen LogP contribution in [0.4, 0.5) is 5.69 Å². The standard InChI is InChI=1S/C13H14N2O4S/c1-3-7-15(13(14)20)10-6-4-5-9(12(16)17)11(10)19-8-18-2/h4-6H,8H2,1-2H3,(H2,14,20)(H,16,17). The van der Waals surface area contributed by atoms with Crippen LogP contribution in [0.3, 0.4) is 0 Å². The summed E-state index contributed by atoms with van der Waals surface area (Å²) >= 11 is 4.91. The Kier molecular flexibility index (Phi) is 5.77. The first-order chi connectivity index (χ1) is 9.52. The molecule has 0 aliphatic rings. The second-order valence-corrected chi connectivity index (χ2v) is 3.96. The number of anilines is 1. The number of para-hydroxylation sites is 1. The Morgan fingerprint density at radius 3 is 2.75 bits per heavy atom. The summed E-state index contributed by atoms with van der Waals surface area (Å²) < 4.78 is 10.1. The van der Waals surface area contributed by atoms with E-state index in [9.17, 15) is 9.90 Å². The molecule has 0 heterocycles. The Bertz CT molecular complexity index is 577. The predicted molar refractivity (Wildman–Crippen MR) is 78.6 cm³/mol. The van der Waals surface area contributed by atoms with Gasteiger partial charge < -0.3 is 20.3 Å². The predicted octanol–water partition coefficient (Wildman–Crippen LogP) is 1.40. The quantitative estimate of drug-likeness (QED) is 0.367. The van der Waals surface area contributed by atoms with E-state index in [1.807, 2.05) is 0 Å². The maximum Gasteiger partial charge on any atom is 0.339 e. The third-order valence-electron chi connectivity index (χ3n) is 2.23. The molecular formula is C13H14N2O4S. The van der Waals surface area contributed by atoms with Crippen LogP contribution in [0.25, 0.3) is 0 Å². The molecule has 0 aliphatic heterocycles. The van der Waals surface area contributed by atoms with Crippen molar-refractivity contribution < 1.29 is 19.4 Å². The van der Waals surface area contributed by atoms with Crippen LogP contribution >= 0.6 is 12.2 Å². The number of rotatable bonds is 5. The van der Waals surface area contributed by atoms with Crippen molar-refractivity contribution >= 4 is 29.0 Å². The summed E-state index contributed by atoms with van der Waals surface area (Å²) in [5, 5.41) is 9.19. The van der Waals surface area contributed by atoms with Crippen LogP contribution in [0.15, 0.2) is 18.2 Å². The lowest BCUT2D eigenvalue weighted by atomic mass is 10.1. The maximum absolute atomic E-state index is 11.2. The van der Waals surface area contributed by atoms with Crippen molar-refractivity contribution in [2.24, 2.45) is 5.73 Å². The molecule has 0 fully saturated rings. The lowest BCUT2D eigenvalue weighted by molar-refractivity contribution is 0.0488. The number of nitrogens with zero attached hydrogens (tertiary/aromatic N) is 1. The Morgan fingerprint density at radius 1 is 1.55 bits per heavy atom. The fourth-order valence-corrected chi connectivity index (χ4v) is 1.63. The van der Waals surface area contributed by atoms with E-state index in [0.717, 1.165) is 0 Å². The molecule has 0 spiro atoms. The van der Waals surface area contributed by atoms with Crippen molar-refractivity contribution in [3.8, 4) is 17.7 Å². The van der Waals surface area contributed by atoms with Crippen LogP contribution < -0.4 is 15.4 Å². The number of aromatic carboxylic acids is 1. The Morgan fingerprint density at radius 2 is 2.25 bits per heavy atom. The molecule has 0 aliphatic carbocycles. The maximum atomic E-state index is 11.2. The zero-order valence-electron chi connectivity index (χ0n) is 11.0. The Hall–Kier alpha value is -2.30. The summed E-state index contributed by atoms with van der Waals surface area (Å²) in [5.74, 6) is 1.61. The van der Waals surface area contributed by atoms with Crippen molar-refractivity contribution in [3.05, 3.63) is 23.8 Å². The van der Waals surface area contributed by atoms with Crippen molar-refractivity contribution in [1.82, 2.24) is 0 Å². The summed E-state index contributed by atoms with van der Waals surface area (Å²) in [5.41, 5.74) is 5.92. The Labute approximate surface area is 122 Å². The van der Waals surface area contributed by atoms with Crippen LogP contribution in [-0.4, -0.2) is 30.1 Å². The number of carboxylic acids is 1. The number of hydrogen-bond acceptors (Lipinski definition) is 4. The van der Waals surface area contributed by atoms with E-state index < -0.39 is 5.97 Å². The van der Waals surface area contributed by atoms with Gasteiger partial charge in [-0.15, -0.1) is 0 Å². The molecule has 1 aromatic rings.